The van der Waals surface area contributed by atoms with E-state index >= 15 is 0 Å². The molecular formula is C42H37Cl3F4N10O2. The van der Waals surface area contributed by atoms with E-state index in [1.165, 1.54) is 62.7 Å². The van der Waals surface area contributed by atoms with Crippen LogP contribution in [0.15, 0.2) is 60.9 Å². The van der Waals surface area contributed by atoms with Crippen LogP contribution in [0, 0.1) is 34.6 Å². The zero-order valence-electron chi connectivity index (χ0n) is 33.0. The highest BCUT2D eigenvalue weighted by Crippen LogP contribution is 2.35. The summed E-state index contributed by atoms with van der Waals surface area (Å²) < 4.78 is 59.8. The molecule has 0 unspecified atom stereocenters. The van der Waals surface area contributed by atoms with Gasteiger partial charge < -0.3 is 15.5 Å². The zero-order valence-corrected chi connectivity index (χ0v) is 35.3. The Kier molecular flexibility index (Phi) is 14.0. The van der Waals surface area contributed by atoms with Gasteiger partial charge in [0.2, 0.25) is 0 Å². The van der Waals surface area contributed by atoms with Crippen LogP contribution in [0.1, 0.15) is 75.4 Å². The Labute approximate surface area is 363 Å². The number of nitrogens with two attached hydrogens (primary N) is 1. The summed E-state index contributed by atoms with van der Waals surface area (Å²) in [7, 11) is 0. The molecule has 8 rings (SSSR count). The van der Waals surface area contributed by atoms with E-state index in [4.69, 9.17) is 45.8 Å². The number of carbonyl (C=O) groups excluding carboxylic acids is 2. The molecule has 12 nitrogen and oxygen atoms in total. The molecule has 0 saturated heterocycles. The molecule has 19 heteroatoms. The molecule has 0 spiro atoms. The normalized spacial score (nSPS) is 13.1. The first kappa shape index (κ1) is 44.5. The van der Waals surface area contributed by atoms with Crippen LogP contribution in [0.2, 0.25) is 15.2 Å². The highest BCUT2D eigenvalue weighted by molar-refractivity contribution is 6.32. The summed E-state index contributed by atoms with van der Waals surface area (Å²) in [5.41, 5.74) is 9.73. The highest BCUT2D eigenvalue weighted by atomic mass is 35.5. The van der Waals surface area contributed by atoms with E-state index < -0.39 is 35.1 Å². The fourth-order valence-corrected chi connectivity index (χ4v) is 7.56. The van der Waals surface area contributed by atoms with Crippen molar-refractivity contribution in [2.45, 2.75) is 59.5 Å². The lowest BCUT2D eigenvalue weighted by molar-refractivity contribution is 0.0966. The van der Waals surface area contributed by atoms with E-state index in [9.17, 15) is 27.2 Å². The fraction of sp³-hybridized carbons (Fsp3) is 0.262. The number of fused-ring (bicyclic) bond motifs is 2. The van der Waals surface area contributed by atoms with Crippen LogP contribution in [0.5, 0.6) is 0 Å². The molecule has 0 aliphatic carbocycles. The second kappa shape index (κ2) is 19.1. The number of hydrogen-bond donors (Lipinski definition) is 1. The monoisotopic (exact) mass is 894 g/mol. The second-order valence-corrected chi connectivity index (χ2v) is 14.8. The van der Waals surface area contributed by atoms with Crippen LogP contribution in [0.25, 0.3) is 0 Å². The molecule has 2 aliphatic rings. The van der Waals surface area contributed by atoms with Gasteiger partial charge >= 0.3 is 0 Å². The molecule has 0 radical (unpaired) electrons. The van der Waals surface area contributed by atoms with Crippen molar-refractivity contribution in [3.05, 3.63) is 144 Å². The van der Waals surface area contributed by atoms with Gasteiger partial charge in [0.15, 0.2) is 23.0 Å². The number of nitrogen functional groups attached to an aromatic ring is 1. The minimum atomic E-state index is -0.651. The predicted molar refractivity (Wildman–Crippen MR) is 224 cm³/mol. The molecule has 0 fully saturated rings. The molecular weight excluding hydrogens is 859 g/mol. The zero-order chi connectivity index (χ0) is 44.1. The summed E-state index contributed by atoms with van der Waals surface area (Å²) in [6.45, 7) is 5.71. The van der Waals surface area contributed by atoms with Crippen molar-refractivity contribution in [2.75, 3.05) is 28.6 Å². The lowest BCUT2D eigenvalue weighted by atomic mass is 10.0. The van der Waals surface area contributed by atoms with Crippen molar-refractivity contribution in [3.63, 3.8) is 0 Å². The summed E-state index contributed by atoms with van der Waals surface area (Å²) in [6, 6.07) is 13.6. The molecule has 2 N–H and O–H groups in total. The Bertz CT molecular complexity index is 2510. The van der Waals surface area contributed by atoms with Crippen LogP contribution in [0.4, 0.5) is 34.8 Å². The average molecular weight is 896 g/mol. The lowest BCUT2D eigenvalue weighted by Crippen LogP contribution is -2.38. The molecule has 2 aliphatic heterocycles. The number of benzene rings is 2. The maximum absolute atomic E-state index is 14.6. The molecule has 4 aromatic heterocycles. The fourth-order valence-electron chi connectivity index (χ4n) is 6.81. The molecule has 0 atom stereocenters. The number of carbonyl (C=O) groups is 2. The SMILES string of the molecule is CC#N.CCc1cc(Cl)c(F)c(N2CCc3c(nn(Cc4ncccc4F)c3Cl)C2=O)c1.CCc1cc(Cl)c(F)c(N2CCc3c(nn(Cc4ncccc4F)c3N)C2=O)c1. The van der Waals surface area contributed by atoms with Crippen molar-refractivity contribution in [2.24, 2.45) is 0 Å². The van der Waals surface area contributed by atoms with Crippen LogP contribution >= 0.6 is 34.8 Å². The number of anilines is 3. The predicted octanol–water partition coefficient (Wildman–Crippen LogP) is 8.81. The quantitative estimate of drug-likeness (QED) is 0.149. The third-order valence-electron chi connectivity index (χ3n) is 9.95. The van der Waals surface area contributed by atoms with Gasteiger partial charge in [0.1, 0.15) is 22.6 Å². The number of pyridine rings is 2. The molecule has 6 aromatic rings. The molecule has 0 saturated carbocycles. The number of nitriles is 1. The molecule has 6 heterocycles. The maximum Gasteiger partial charge on any atom is 0.279 e. The smallest absolute Gasteiger partial charge is 0.279 e. The molecule has 2 amide bonds. The third-order valence-corrected chi connectivity index (χ3v) is 10.9. The van der Waals surface area contributed by atoms with Gasteiger partial charge in [-0.1, -0.05) is 48.7 Å². The Morgan fingerprint density at radius 2 is 1.15 bits per heavy atom. The topological polar surface area (TPSA) is 152 Å². The van der Waals surface area contributed by atoms with Crippen molar-refractivity contribution >= 4 is 63.8 Å². The van der Waals surface area contributed by atoms with Gasteiger partial charge in [0.25, 0.3) is 11.8 Å². The summed E-state index contributed by atoms with van der Waals surface area (Å²) in [4.78, 5) is 36.7. The first-order chi connectivity index (χ1) is 29.2. The average Bonchev–Trinajstić information content (AvgIpc) is 3.74. The van der Waals surface area contributed by atoms with Gasteiger partial charge in [-0.2, -0.15) is 15.5 Å². The first-order valence-corrected chi connectivity index (χ1v) is 20.1. The molecule has 2 aromatic carbocycles. The number of hydrogen-bond acceptors (Lipinski definition) is 8. The maximum atomic E-state index is 14.6. The van der Waals surface area contributed by atoms with Gasteiger partial charge in [0.05, 0.1) is 52.0 Å². The van der Waals surface area contributed by atoms with E-state index in [0.29, 0.717) is 36.8 Å². The molecule has 0 bridgehead atoms. The highest BCUT2D eigenvalue weighted by Gasteiger charge is 2.35. The minimum absolute atomic E-state index is 0.00963. The van der Waals surface area contributed by atoms with Gasteiger partial charge in [-0.3, -0.25) is 19.6 Å². The second-order valence-electron chi connectivity index (χ2n) is 13.7. The van der Waals surface area contributed by atoms with E-state index in [2.05, 4.69) is 20.2 Å². The van der Waals surface area contributed by atoms with E-state index in [1.807, 2.05) is 13.8 Å². The lowest BCUT2D eigenvalue weighted by Gasteiger charge is -2.27. The summed E-state index contributed by atoms with van der Waals surface area (Å²) in [5.74, 6) is -2.94. The van der Waals surface area contributed by atoms with Gasteiger partial charge in [0, 0.05) is 43.5 Å². The van der Waals surface area contributed by atoms with Crippen molar-refractivity contribution < 1.29 is 27.2 Å². The van der Waals surface area contributed by atoms with Crippen molar-refractivity contribution in [1.29, 1.82) is 5.26 Å². The number of halogens is 7. The summed E-state index contributed by atoms with van der Waals surface area (Å²) >= 11 is 18.4. The van der Waals surface area contributed by atoms with Crippen LogP contribution in [-0.4, -0.2) is 54.4 Å². The number of aryl methyl sites for hydroxylation is 2. The Hall–Kier alpha value is -6.02. The van der Waals surface area contributed by atoms with E-state index in [0.717, 1.165) is 11.1 Å². The number of rotatable bonds is 8. The first-order valence-electron chi connectivity index (χ1n) is 18.9. The minimum Gasteiger partial charge on any atom is -0.384 e. The van der Waals surface area contributed by atoms with Crippen LogP contribution in [-0.2, 0) is 38.8 Å². The summed E-state index contributed by atoms with van der Waals surface area (Å²) in [5, 5.41) is 16.0. The van der Waals surface area contributed by atoms with Gasteiger partial charge in [-0.15, -0.1) is 0 Å². The van der Waals surface area contributed by atoms with Gasteiger partial charge in [-0.05, 0) is 85.3 Å². The standard InChI is InChI=1S/C20H16Cl2F2N4O.C20H18ClF2N5O.C2H3N/c1-2-11-8-13(21)17(24)16(9-11)27-7-5-12-18(20(27)29)26-28(19(12)22)10-15-14(23)4-3-6-25-15;1-2-11-8-13(21)17(23)16(9-11)27-7-5-12-18(20(27)29)26-28(19(12)24)10-15-14(22)4-3-6-25-15;1-2-3/h3-4,6,8-9H,2,5,7,10H2,1H3;3-4,6,8-9H,2,5,7,10,24H2,1H3;1H3. The van der Waals surface area contributed by atoms with Crippen LogP contribution in [0.3, 0.4) is 0 Å². The number of aromatic nitrogens is 6. The Balaban J connectivity index is 0.000000192. The number of nitrogens with zero attached hydrogens (tertiary/aromatic N) is 9. The third kappa shape index (κ3) is 9.19. The van der Waals surface area contributed by atoms with Crippen molar-refractivity contribution in [3.8, 4) is 6.07 Å². The van der Waals surface area contributed by atoms with Crippen molar-refractivity contribution in [1.82, 2.24) is 29.5 Å². The Morgan fingerprint density at radius 3 is 1.61 bits per heavy atom. The largest absolute Gasteiger partial charge is 0.384 e. The van der Waals surface area contributed by atoms with Gasteiger partial charge in [-0.25, -0.2) is 26.9 Å². The Morgan fingerprint density at radius 1 is 0.721 bits per heavy atom. The number of amides is 2. The van der Waals surface area contributed by atoms with E-state index in [-0.39, 0.29) is 81.3 Å². The molecule has 316 valence electrons. The van der Waals surface area contributed by atoms with Crippen LogP contribution < -0.4 is 15.5 Å². The van der Waals surface area contributed by atoms with E-state index in [1.54, 1.807) is 30.3 Å². The molecule has 61 heavy (non-hydrogen) atoms. The summed E-state index contributed by atoms with van der Waals surface area (Å²) in [6.07, 6.45) is 5.02.